The highest BCUT2D eigenvalue weighted by Crippen LogP contribution is 2.20. The van der Waals surface area contributed by atoms with Gasteiger partial charge in [0.1, 0.15) is 0 Å². The van der Waals surface area contributed by atoms with E-state index in [1.165, 1.54) is 0 Å². The first-order valence-electron chi connectivity index (χ1n) is 7.96. The SMILES string of the molecule is Cc1cc(C(=O)OCc2nc(-c3ccccc3)no2)c2cnn(C)c2n1. The molecule has 8 heteroatoms. The number of hydrogen-bond acceptors (Lipinski definition) is 7. The highest BCUT2D eigenvalue weighted by atomic mass is 16.6. The van der Waals surface area contributed by atoms with Crippen LogP contribution in [-0.4, -0.2) is 30.9 Å². The molecule has 26 heavy (non-hydrogen) atoms. The minimum absolute atomic E-state index is 0.109. The van der Waals surface area contributed by atoms with Crippen molar-refractivity contribution in [1.29, 1.82) is 0 Å². The lowest BCUT2D eigenvalue weighted by atomic mass is 10.1. The highest BCUT2D eigenvalue weighted by Gasteiger charge is 2.17. The number of carbonyl (C=O) groups is 1. The van der Waals surface area contributed by atoms with Crippen LogP contribution in [0, 0.1) is 6.92 Å². The Morgan fingerprint density at radius 3 is 2.85 bits per heavy atom. The van der Waals surface area contributed by atoms with Crippen molar-refractivity contribution < 1.29 is 14.1 Å². The Kier molecular flexibility index (Phi) is 3.92. The first-order chi connectivity index (χ1) is 12.6. The third kappa shape index (κ3) is 2.92. The average molecular weight is 349 g/mol. The molecule has 0 spiro atoms. The number of carbonyl (C=O) groups excluding carboxylic acids is 1. The topological polar surface area (TPSA) is 95.9 Å². The average Bonchev–Trinajstić information content (AvgIpc) is 3.27. The van der Waals surface area contributed by atoms with E-state index in [2.05, 4.69) is 20.2 Å². The van der Waals surface area contributed by atoms with Crippen molar-refractivity contribution in [1.82, 2.24) is 24.9 Å². The van der Waals surface area contributed by atoms with Crippen LogP contribution < -0.4 is 0 Å². The van der Waals surface area contributed by atoms with E-state index >= 15 is 0 Å². The molecule has 0 aliphatic heterocycles. The Morgan fingerprint density at radius 2 is 2.04 bits per heavy atom. The molecule has 3 aromatic heterocycles. The molecule has 0 aliphatic carbocycles. The van der Waals surface area contributed by atoms with Crippen LogP contribution in [0.3, 0.4) is 0 Å². The molecule has 3 heterocycles. The molecule has 0 N–H and O–H groups in total. The van der Waals surface area contributed by atoms with Crippen LogP contribution in [0.25, 0.3) is 22.4 Å². The van der Waals surface area contributed by atoms with Gasteiger partial charge in [-0.3, -0.25) is 4.68 Å². The summed E-state index contributed by atoms with van der Waals surface area (Å²) < 4.78 is 12.1. The van der Waals surface area contributed by atoms with E-state index in [0.29, 0.717) is 28.1 Å². The molecule has 0 unspecified atom stereocenters. The van der Waals surface area contributed by atoms with Gasteiger partial charge in [0, 0.05) is 18.3 Å². The summed E-state index contributed by atoms with van der Waals surface area (Å²) in [6, 6.07) is 11.1. The molecule has 130 valence electrons. The van der Waals surface area contributed by atoms with Gasteiger partial charge in [0.15, 0.2) is 12.3 Å². The van der Waals surface area contributed by atoms with Crippen molar-refractivity contribution in [2.75, 3.05) is 0 Å². The minimum atomic E-state index is -0.493. The van der Waals surface area contributed by atoms with E-state index in [0.717, 1.165) is 5.56 Å². The number of esters is 1. The molecule has 0 amide bonds. The zero-order valence-electron chi connectivity index (χ0n) is 14.2. The van der Waals surface area contributed by atoms with Crippen LogP contribution in [0.1, 0.15) is 21.9 Å². The molecule has 1 aromatic carbocycles. The van der Waals surface area contributed by atoms with Crippen molar-refractivity contribution in [2.24, 2.45) is 7.05 Å². The lowest BCUT2D eigenvalue weighted by Crippen LogP contribution is -2.07. The summed E-state index contributed by atoms with van der Waals surface area (Å²) >= 11 is 0. The van der Waals surface area contributed by atoms with Gasteiger partial charge in [0.2, 0.25) is 5.82 Å². The Hall–Kier alpha value is -3.55. The molecular formula is C18H15N5O3. The second-order valence-electron chi connectivity index (χ2n) is 5.77. The molecule has 0 aliphatic rings. The summed E-state index contributed by atoms with van der Waals surface area (Å²) in [4.78, 5) is 21.1. The smallest absolute Gasteiger partial charge is 0.339 e. The second-order valence-corrected chi connectivity index (χ2v) is 5.77. The van der Waals surface area contributed by atoms with Gasteiger partial charge in [0.05, 0.1) is 17.1 Å². The number of benzene rings is 1. The van der Waals surface area contributed by atoms with E-state index in [-0.39, 0.29) is 12.5 Å². The maximum Gasteiger partial charge on any atom is 0.339 e. The Balaban J connectivity index is 1.52. The van der Waals surface area contributed by atoms with Crippen LogP contribution in [-0.2, 0) is 18.4 Å². The number of aryl methyl sites for hydroxylation is 2. The predicted molar refractivity (Wildman–Crippen MR) is 92.1 cm³/mol. The van der Waals surface area contributed by atoms with Crippen LogP contribution in [0.5, 0.6) is 0 Å². The van der Waals surface area contributed by atoms with Crippen LogP contribution in [0.4, 0.5) is 0 Å². The van der Waals surface area contributed by atoms with Crippen LogP contribution in [0.15, 0.2) is 47.1 Å². The quantitative estimate of drug-likeness (QED) is 0.523. The molecule has 4 rings (SSSR count). The Morgan fingerprint density at radius 1 is 1.23 bits per heavy atom. The van der Waals surface area contributed by atoms with Crippen molar-refractivity contribution in [3.63, 3.8) is 0 Å². The number of pyridine rings is 1. The molecule has 0 fully saturated rings. The normalized spacial score (nSPS) is 11.0. The standard InChI is InChI=1S/C18H15N5O3/c1-11-8-13(14-9-19-23(2)17(14)20-11)18(24)25-10-15-21-16(22-26-15)12-6-4-3-5-7-12/h3-9H,10H2,1-2H3. The first-order valence-corrected chi connectivity index (χ1v) is 7.96. The van der Waals surface area contributed by atoms with Gasteiger partial charge in [-0.1, -0.05) is 35.5 Å². The maximum absolute atomic E-state index is 12.5. The lowest BCUT2D eigenvalue weighted by molar-refractivity contribution is 0.0432. The third-order valence-corrected chi connectivity index (χ3v) is 3.88. The maximum atomic E-state index is 12.5. The fourth-order valence-corrected chi connectivity index (χ4v) is 2.63. The van der Waals surface area contributed by atoms with Crippen molar-refractivity contribution in [3.8, 4) is 11.4 Å². The molecule has 0 atom stereocenters. The van der Waals surface area contributed by atoms with Gasteiger partial charge in [-0.15, -0.1) is 0 Å². The van der Waals surface area contributed by atoms with E-state index < -0.39 is 5.97 Å². The highest BCUT2D eigenvalue weighted by molar-refractivity contribution is 6.02. The fraction of sp³-hybridized carbons (Fsp3) is 0.167. The van der Waals surface area contributed by atoms with Gasteiger partial charge in [0.25, 0.3) is 5.89 Å². The third-order valence-electron chi connectivity index (χ3n) is 3.88. The Bertz CT molecular complexity index is 1080. The number of rotatable bonds is 4. The molecule has 0 saturated heterocycles. The molecular weight excluding hydrogens is 334 g/mol. The molecule has 0 bridgehead atoms. The van der Waals surface area contributed by atoms with E-state index in [4.69, 9.17) is 9.26 Å². The fourth-order valence-electron chi connectivity index (χ4n) is 2.63. The lowest BCUT2D eigenvalue weighted by Gasteiger charge is -2.04. The van der Waals surface area contributed by atoms with Crippen molar-refractivity contribution in [2.45, 2.75) is 13.5 Å². The number of ether oxygens (including phenoxy) is 1. The van der Waals surface area contributed by atoms with Gasteiger partial charge >= 0.3 is 5.97 Å². The Labute approximate surface area is 148 Å². The molecule has 0 saturated carbocycles. The molecule has 8 nitrogen and oxygen atoms in total. The zero-order valence-corrected chi connectivity index (χ0v) is 14.2. The van der Waals surface area contributed by atoms with E-state index in [1.807, 2.05) is 37.3 Å². The largest absolute Gasteiger partial charge is 0.452 e. The van der Waals surface area contributed by atoms with E-state index in [1.54, 1.807) is 24.0 Å². The van der Waals surface area contributed by atoms with Crippen molar-refractivity contribution >= 4 is 17.0 Å². The number of hydrogen-bond donors (Lipinski definition) is 0. The molecule has 4 aromatic rings. The zero-order chi connectivity index (χ0) is 18.1. The summed E-state index contributed by atoms with van der Waals surface area (Å²) in [5, 5.41) is 8.68. The summed E-state index contributed by atoms with van der Waals surface area (Å²) in [6.45, 7) is 1.70. The predicted octanol–water partition coefficient (Wildman–Crippen LogP) is 2.68. The number of aromatic nitrogens is 5. The van der Waals surface area contributed by atoms with Gasteiger partial charge in [-0.05, 0) is 13.0 Å². The van der Waals surface area contributed by atoms with Gasteiger partial charge in [-0.2, -0.15) is 10.1 Å². The summed E-state index contributed by atoms with van der Waals surface area (Å²) in [6.07, 6.45) is 1.60. The number of fused-ring (bicyclic) bond motifs is 1. The van der Waals surface area contributed by atoms with Crippen LogP contribution >= 0.6 is 0 Å². The van der Waals surface area contributed by atoms with Gasteiger partial charge < -0.3 is 9.26 Å². The van der Waals surface area contributed by atoms with Gasteiger partial charge in [-0.25, -0.2) is 9.78 Å². The van der Waals surface area contributed by atoms with E-state index in [9.17, 15) is 4.79 Å². The summed E-state index contributed by atoms with van der Waals surface area (Å²) in [5.41, 5.74) is 2.57. The molecule has 0 radical (unpaired) electrons. The van der Waals surface area contributed by atoms with Crippen molar-refractivity contribution in [3.05, 3.63) is 59.7 Å². The summed E-state index contributed by atoms with van der Waals surface area (Å²) in [5.74, 6) is 0.185. The summed E-state index contributed by atoms with van der Waals surface area (Å²) in [7, 11) is 1.77. The monoisotopic (exact) mass is 349 g/mol. The number of nitrogens with zero attached hydrogens (tertiary/aromatic N) is 5. The first kappa shape index (κ1) is 15.9. The van der Waals surface area contributed by atoms with Crippen LogP contribution in [0.2, 0.25) is 0 Å². The second kappa shape index (κ2) is 6.40. The minimum Gasteiger partial charge on any atom is -0.452 e.